The van der Waals surface area contributed by atoms with Gasteiger partial charge >= 0.3 is 17.7 Å². The predicted molar refractivity (Wildman–Crippen MR) is 146 cm³/mol. The average Bonchev–Trinajstić information content (AvgIpc) is 2.90. The van der Waals surface area contributed by atoms with Crippen molar-refractivity contribution < 1.29 is 23.5 Å². The summed E-state index contributed by atoms with van der Waals surface area (Å²) in [6, 6.07) is 20.8. The first-order valence-electron chi connectivity index (χ1n) is 12.2. The van der Waals surface area contributed by atoms with E-state index in [0.717, 1.165) is 16.7 Å². The van der Waals surface area contributed by atoms with Gasteiger partial charge in [-0.05, 0) is 35.6 Å². The van der Waals surface area contributed by atoms with Crippen LogP contribution in [0.1, 0.15) is 36.1 Å². The van der Waals surface area contributed by atoms with Crippen molar-refractivity contribution in [3.63, 3.8) is 0 Å². The van der Waals surface area contributed by atoms with Crippen LogP contribution in [-0.4, -0.2) is 18.1 Å². The van der Waals surface area contributed by atoms with Gasteiger partial charge in [-0.2, -0.15) is 0 Å². The van der Waals surface area contributed by atoms with Gasteiger partial charge in [-0.15, -0.1) is 0 Å². The fourth-order valence-electron chi connectivity index (χ4n) is 4.03. The van der Waals surface area contributed by atoms with E-state index in [2.05, 4.69) is 5.32 Å². The van der Waals surface area contributed by atoms with Crippen LogP contribution in [0.4, 0.5) is 4.79 Å². The molecule has 38 heavy (non-hydrogen) atoms. The van der Waals surface area contributed by atoms with Crippen molar-refractivity contribution in [1.82, 2.24) is 5.32 Å². The molecule has 3 aromatic carbocycles. The first kappa shape index (κ1) is 26.9. The number of carbonyl (C=O) groups is 2. The molecule has 8 heteroatoms. The number of fused-ring (bicyclic) bond motifs is 1. The molecule has 0 spiro atoms. The van der Waals surface area contributed by atoms with E-state index in [9.17, 15) is 14.4 Å². The van der Waals surface area contributed by atoms with Crippen molar-refractivity contribution in [3.8, 4) is 5.75 Å². The molecule has 0 aliphatic rings. The Hall–Kier alpha value is -4.10. The Labute approximate surface area is 225 Å². The van der Waals surface area contributed by atoms with E-state index < -0.39 is 23.7 Å². The second-order valence-electron chi connectivity index (χ2n) is 9.28. The molecule has 196 valence electrons. The smallest absolute Gasteiger partial charge is 0.408 e. The molecule has 4 aromatic rings. The van der Waals surface area contributed by atoms with E-state index >= 15 is 0 Å². The minimum absolute atomic E-state index is 0.0210. The molecule has 1 unspecified atom stereocenters. The van der Waals surface area contributed by atoms with E-state index in [-0.39, 0.29) is 28.9 Å². The molecule has 1 amide bonds. The van der Waals surface area contributed by atoms with Crippen LogP contribution < -0.4 is 15.7 Å². The number of rotatable bonds is 8. The Bertz CT molecular complexity index is 1500. The lowest BCUT2D eigenvalue weighted by atomic mass is 9.99. The average molecular weight is 534 g/mol. The van der Waals surface area contributed by atoms with E-state index in [1.54, 1.807) is 19.9 Å². The van der Waals surface area contributed by atoms with Crippen molar-refractivity contribution in [2.24, 2.45) is 5.92 Å². The lowest BCUT2D eigenvalue weighted by Gasteiger charge is -2.21. The van der Waals surface area contributed by atoms with Crippen molar-refractivity contribution in [2.45, 2.75) is 39.8 Å². The van der Waals surface area contributed by atoms with Gasteiger partial charge in [0.15, 0.2) is 5.75 Å². The van der Waals surface area contributed by atoms with Gasteiger partial charge in [0.1, 0.15) is 18.2 Å². The number of benzene rings is 3. The van der Waals surface area contributed by atoms with Crippen LogP contribution in [0.5, 0.6) is 5.75 Å². The number of carbonyl (C=O) groups excluding carboxylic acids is 2. The molecule has 0 saturated heterocycles. The highest BCUT2D eigenvalue weighted by Crippen LogP contribution is 2.32. The third-order valence-electron chi connectivity index (χ3n) is 6.18. The maximum absolute atomic E-state index is 13.0. The van der Waals surface area contributed by atoms with Gasteiger partial charge in [0.2, 0.25) is 0 Å². The second-order valence-corrected chi connectivity index (χ2v) is 9.69. The number of alkyl carbamates (subject to hydrolysis) is 1. The molecule has 4 rings (SSSR count). The minimum atomic E-state index is -0.993. The highest BCUT2D eigenvalue weighted by atomic mass is 35.5. The topological polar surface area (TPSA) is 94.8 Å². The van der Waals surface area contributed by atoms with E-state index in [1.165, 1.54) is 6.07 Å². The fraction of sp³-hybridized carbons (Fsp3) is 0.233. The Morgan fingerprint density at radius 1 is 0.974 bits per heavy atom. The minimum Gasteiger partial charge on any atom is -0.445 e. The SMILES string of the molecule is Cc1c(Cc2ccccc2)c(=O)oc2cc(OC(=O)C(NC(=O)OCc3ccccc3)C(C)C)c(Cl)cc12. The number of ether oxygens (including phenoxy) is 2. The van der Waals surface area contributed by atoms with Crippen LogP contribution in [0.2, 0.25) is 5.02 Å². The van der Waals surface area contributed by atoms with Crippen LogP contribution in [0.25, 0.3) is 11.0 Å². The second kappa shape index (κ2) is 12.0. The molecular weight excluding hydrogens is 506 g/mol. The molecule has 0 bridgehead atoms. The number of esters is 1. The number of nitrogens with one attached hydrogen (secondary N) is 1. The van der Waals surface area contributed by atoms with Crippen LogP contribution in [-0.2, 0) is 22.6 Å². The van der Waals surface area contributed by atoms with Gasteiger partial charge in [-0.1, -0.05) is 86.1 Å². The normalized spacial score (nSPS) is 11.8. The van der Waals surface area contributed by atoms with E-state index in [0.29, 0.717) is 17.4 Å². The highest BCUT2D eigenvalue weighted by molar-refractivity contribution is 6.33. The highest BCUT2D eigenvalue weighted by Gasteiger charge is 2.28. The zero-order valence-corrected chi connectivity index (χ0v) is 22.1. The maximum Gasteiger partial charge on any atom is 0.408 e. The summed E-state index contributed by atoms with van der Waals surface area (Å²) in [6.45, 7) is 5.43. The van der Waals surface area contributed by atoms with Crippen molar-refractivity contribution in [2.75, 3.05) is 0 Å². The Balaban J connectivity index is 1.51. The summed E-state index contributed by atoms with van der Waals surface area (Å²) in [5.74, 6) is -1.00. The lowest BCUT2D eigenvalue weighted by molar-refractivity contribution is -0.137. The summed E-state index contributed by atoms with van der Waals surface area (Å²) >= 11 is 6.47. The predicted octanol–water partition coefficient (Wildman–Crippen LogP) is 6.20. The summed E-state index contributed by atoms with van der Waals surface area (Å²) in [5, 5.41) is 3.37. The van der Waals surface area contributed by atoms with Crippen LogP contribution >= 0.6 is 11.6 Å². The number of hydrogen-bond acceptors (Lipinski definition) is 6. The van der Waals surface area contributed by atoms with Crippen molar-refractivity contribution in [1.29, 1.82) is 0 Å². The first-order chi connectivity index (χ1) is 18.2. The zero-order valence-electron chi connectivity index (χ0n) is 21.3. The van der Waals surface area contributed by atoms with Crippen molar-refractivity contribution in [3.05, 3.63) is 110 Å². The lowest BCUT2D eigenvalue weighted by Crippen LogP contribution is -2.46. The molecule has 0 aliphatic heterocycles. The summed E-state index contributed by atoms with van der Waals surface area (Å²) in [7, 11) is 0. The molecule has 1 N–H and O–H groups in total. The summed E-state index contributed by atoms with van der Waals surface area (Å²) < 4.78 is 16.4. The quantitative estimate of drug-likeness (QED) is 0.164. The molecule has 0 fully saturated rings. The molecule has 0 saturated carbocycles. The van der Waals surface area contributed by atoms with Crippen LogP contribution in [0, 0.1) is 12.8 Å². The summed E-state index contributed by atoms with van der Waals surface area (Å²) in [5.41, 5.74) is 2.84. The third kappa shape index (κ3) is 6.42. The molecule has 0 aliphatic carbocycles. The van der Waals surface area contributed by atoms with Crippen LogP contribution in [0.3, 0.4) is 0 Å². The van der Waals surface area contributed by atoms with Gasteiger partial charge in [0.05, 0.1) is 5.02 Å². The number of halogens is 1. The van der Waals surface area contributed by atoms with E-state index in [4.69, 9.17) is 25.5 Å². The van der Waals surface area contributed by atoms with E-state index in [1.807, 2.05) is 67.6 Å². The molecular formula is C30H28ClNO6. The summed E-state index contributed by atoms with van der Waals surface area (Å²) in [6.07, 6.45) is -0.330. The largest absolute Gasteiger partial charge is 0.445 e. The molecule has 7 nitrogen and oxygen atoms in total. The number of amides is 1. The number of hydrogen-bond donors (Lipinski definition) is 1. The number of aryl methyl sites for hydroxylation is 1. The first-order valence-corrected chi connectivity index (χ1v) is 12.6. The van der Waals surface area contributed by atoms with Gasteiger partial charge in [0.25, 0.3) is 0 Å². The molecule has 0 radical (unpaired) electrons. The monoisotopic (exact) mass is 533 g/mol. The van der Waals surface area contributed by atoms with Crippen LogP contribution in [0.15, 0.2) is 82.0 Å². The maximum atomic E-state index is 13.0. The zero-order chi connectivity index (χ0) is 27.2. The standard InChI is InChI=1S/C30H28ClNO6/c1-18(2)27(32-30(35)36-17-21-12-8-5-9-13-21)29(34)38-26-16-25-22(15-24(26)31)19(3)23(28(33)37-25)14-20-10-6-4-7-11-20/h4-13,15-16,18,27H,14,17H2,1-3H3,(H,32,35). The third-order valence-corrected chi connectivity index (χ3v) is 6.48. The molecule has 1 aromatic heterocycles. The van der Waals surface area contributed by atoms with Gasteiger partial charge in [0, 0.05) is 23.4 Å². The molecule has 1 atom stereocenters. The fourth-order valence-corrected chi connectivity index (χ4v) is 4.24. The Morgan fingerprint density at radius 3 is 2.24 bits per heavy atom. The molecule has 1 heterocycles. The Morgan fingerprint density at radius 2 is 1.61 bits per heavy atom. The summed E-state index contributed by atoms with van der Waals surface area (Å²) in [4.78, 5) is 38.1. The van der Waals surface area contributed by atoms with Gasteiger partial charge in [-0.25, -0.2) is 14.4 Å². The van der Waals surface area contributed by atoms with Gasteiger partial charge in [-0.3, -0.25) is 0 Å². The van der Waals surface area contributed by atoms with Crippen molar-refractivity contribution >= 4 is 34.6 Å². The van der Waals surface area contributed by atoms with Gasteiger partial charge < -0.3 is 19.2 Å². The Kier molecular flexibility index (Phi) is 8.48.